The molecule has 2 heterocycles. The van der Waals surface area contributed by atoms with Crippen molar-refractivity contribution in [3.05, 3.63) is 173 Å². The predicted octanol–water partition coefficient (Wildman–Crippen LogP) is 13.3. The summed E-state index contributed by atoms with van der Waals surface area (Å²) in [5, 5.41) is 15.6. The molecular weight excluding hydrogens is 789 g/mol. The van der Waals surface area contributed by atoms with E-state index in [9.17, 15) is 19.2 Å². The number of pyridine rings is 2. The lowest BCUT2D eigenvalue weighted by Gasteiger charge is -2.22. The summed E-state index contributed by atoms with van der Waals surface area (Å²) in [6.45, 7) is 16.8. The second-order valence-corrected chi connectivity index (χ2v) is 19.3. The van der Waals surface area contributed by atoms with Gasteiger partial charge in [0, 0.05) is 32.3 Å². The normalized spacial score (nSPS) is 12.9. The molecule has 0 radical (unpaired) electrons. The summed E-state index contributed by atoms with van der Waals surface area (Å²) in [4.78, 5) is 59.6. The number of rotatable bonds is 6. The molecule has 0 aliphatic rings. The third kappa shape index (κ3) is 4.75. The molecule has 0 N–H and O–H groups in total. The van der Waals surface area contributed by atoms with Crippen LogP contribution in [0.15, 0.2) is 128 Å². The van der Waals surface area contributed by atoms with E-state index in [1.54, 1.807) is 0 Å². The number of hydrogen-bond acceptors (Lipinski definition) is 4. The van der Waals surface area contributed by atoms with Crippen molar-refractivity contribution in [3.8, 4) is 11.4 Å². The first-order chi connectivity index (χ1) is 30.8. The molecule has 0 unspecified atom stereocenters. The molecule has 312 valence electrons. The Bertz CT molecular complexity index is 3840. The molecule has 2 aromatic heterocycles. The summed E-state index contributed by atoms with van der Waals surface area (Å²) in [5.41, 5.74) is 4.06. The van der Waals surface area contributed by atoms with Gasteiger partial charge in [-0.05, 0) is 141 Å². The summed E-state index contributed by atoms with van der Waals surface area (Å²) in [6, 6.07) is 36.7. The Morgan fingerprint density at radius 3 is 0.797 bits per heavy atom. The highest BCUT2D eigenvalue weighted by Crippen LogP contribution is 2.50. The zero-order valence-electron chi connectivity index (χ0n) is 37.2. The predicted molar refractivity (Wildman–Crippen MR) is 269 cm³/mol. The zero-order chi connectivity index (χ0) is 44.4. The van der Waals surface area contributed by atoms with E-state index in [-0.39, 0.29) is 45.9 Å². The zero-order valence-corrected chi connectivity index (χ0v) is 37.2. The third-order valence-electron chi connectivity index (χ3n) is 14.5. The fourth-order valence-corrected chi connectivity index (χ4v) is 11.6. The standard InChI is InChI=1S/C58H46N2O4/c1-27(2)31-12-9-13-32(28(3)4)53(31)59-55(61)41-22-18-37-35-16-11-17-36-38-19-23-42-52-44(58(64)60(56(42)62)54-33(29(5)6)14-10-15-34(54)30(7)8)25-21-40(48(38)52)46-26-45(49(35)50(36)46)39-20-24-43(57(59)63)51(41)47(37)39/h9-30H,1-8H3. The molecule has 64 heavy (non-hydrogen) atoms. The van der Waals surface area contributed by atoms with Gasteiger partial charge in [0.1, 0.15) is 0 Å². The highest BCUT2D eigenvalue weighted by molar-refractivity contribution is 6.46. The fraction of sp³-hybridized carbons (Fsp3) is 0.207. The molecule has 10 aromatic carbocycles. The minimum atomic E-state index is -0.305. The maximum atomic E-state index is 14.9. The van der Waals surface area contributed by atoms with E-state index in [1.165, 1.54) is 9.13 Å². The molecule has 12 rings (SSSR count). The molecule has 0 amide bonds. The van der Waals surface area contributed by atoms with Gasteiger partial charge in [0.2, 0.25) is 0 Å². The highest BCUT2D eigenvalue weighted by Gasteiger charge is 2.28. The molecule has 12 aromatic rings. The van der Waals surface area contributed by atoms with E-state index in [2.05, 4.69) is 104 Å². The van der Waals surface area contributed by atoms with Gasteiger partial charge in [-0.2, -0.15) is 0 Å². The summed E-state index contributed by atoms with van der Waals surface area (Å²) in [7, 11) is 0. The molecule has 0 spiro atoms. The van der Waals surface area contributed by atoms with Crippen molar-refractivity contribution in [2.24, 2.45) is 0 Å². The third-order valence-corrected chi connectivity index (χ3v) is 14.5. The second-order valence-electron chi connectivity index (χ2n) is 19.3. The fourth-order valence-electron chi connectivity index (χ4n) is 11.6. The van der Waals surface area contributed by atoms with Crippen molar-refractivity contribution in [1.82, 2.24) is 9.13 Å². The van der Waals surface area contributed by atoms with Crippen LogP contribution >= 0.6 is 0 Å². The lowest BCUT2D eigenvalue weighted by atomic mass is 9.89. The molecular formula is C58H46N2O4. The Labute approximate surface area is 368 Å². The van der Waals surface area contributed by atoms with Crippen LogP contribution in [0.5, 0.6) is 0 Å². The molecule has 6 heteroatoms. The number of benzene rings is 8. The number of aromatic nitrogens is 2. The average molecular weight is 835 g/mol. The Morgan fingerprint density at radius 1 is 0.281 bits per heavy atom. The molecule has 0 aliphatic carbocycles. The van der Waals surface area contributed by atoms with Gasteiger partial charge in [0.25, 0.3) is 22.2 Å². The second kappa shape index (κ2) is 13.2. The lowest BCUT2D eigenvalue weighted by molar-refractivity contribution is 0.792. The van der Waals surface area contributed by atoms with Crippen LogP contribution in [-0.2, 0) is 0 Å². The number of fused-ring (bicyclic) bond motifs is 4. The van der Waals surface area contributed by atoms with Crippen molar-refractivity contribution in [2.75, 3.05) is 0 Å². The molecule has 6 nitrogen and oxygen atoms in total. The van der Waals surface area contributed by atoms with Crippen molar-refractivity contribution >= 4 is 97.0 Å². The van der Waals surface area contributed by atoms with Gasteiger partial charge in [-0.15, -0.1) is 0 Å². The van der Waals surface area contributed by atoms with Crippen LogP contribution in [0, 0.1) is 0 Å². The van der Waals surface area contributed by atoms with Crippen LogP contribution in [0.4, 0.5) is 0 Å². The summed E-state index contributed by atoms with van der Waals surface area (Å²) in [5.74, 6) is 0.402. The topological polar surface area (TPSA) is 78.1 Å². The van der Waals surface area contributed by atoms with E-state index < -0.39 is 0 Å². The van der Waals surface area contributed by atoms with Gasteiger partial charge in [-0.3, -0.25) is 19.2 Å². The van der Waals surface area contributed by atoms with Gasteiger partial charge in [0.05, 0.1) is 11.4 Å². The summed E-state index contributed by atoms with van der Waals surface area (Å²) in [6.07, 6.45) is 0. The summed E-state index contributed by atoms with van der Waals surface area (Å²) < 4.78 is 2.87. The first-order valence-corrected chi connectivity index (χ1v) is 22.6. The van der Waals surface area contributed by atoms with Crippen LogP contribution < -0.4 is 22.2 Å². The number of para-hydroxylation sites is 2. The van der Waals surface area contributed by atoms with Crippen LogP contribution in [0.1, 0.15) is 101 Å². The SMILES string of the molecule is CC(C)c1cccc(C(C)C)c1-n1c(=O)c2ccc3c4cccc5c6ccc7c(=O)n(-c8c(C(C)C)cccc8C(C)C)c(=O)c8ccc(c9cc(c%10ccc(c1=O)c2c3%10)c4c59)c6c78. The molecule has 0 atom stereocenters. The van der Waals surface area contributed by atoms with Crippen molar-refractivity contribution in [2.45, 2.75) is 79.1 Å². The summed E-state index contributed by atoms with van der Waals surface area (Å²) >= 11 is 0. The van der Waals surface area contributed by atoms with Crippen molar-refractivity contribution in [1.29, 1.82) is 0 Å². The first kappa shape index (κ1) is 38.5. The van der Waals surface area contributed by atoms with Gasteiger partial charge in [-0.1, -0.05) is 134 Å². The van der Waals surface area contributed by atoms with Crippen LogP contribution in [0.3, 0.4) is 0 Å². The Kier molecular flexibility index (Phi) is 7.93. The minimum absolute atomic E-state index is 0.101. The van der Waals surface area contributed by atoms with E-state index in [1.807, 2.05) is 60.7 Å². The van der Waals surface area contributed by atoms with E-state index >= 15 is 0 Å². The Morgan fingerprint density at radius 2 is 0.500 bits per heavy atom. The first-order valence-electron chi connectivity index (χ1n) is 22.6. The van der Waals surface area contributed by atoms with E-state index in [0.29, 0.717) is 43.7 Å². The molecule has 0 saturated heterocycles. The Balaban J connectivity index is 1.20. The largest absolute Gasteiger partial charge is 0.268 e. The molecule has 0 aliphatic heterocycles. The minimum Gasteiger partial charge on any atom is -0.268 e. The number of hydrogen-bond donors (Lipinski definition) is 0. The van der Waals surface area contributed by atoms with Crippen LogP contribution in [0.25, 0.3) is 108 Å². The van der Waals surface area contributed by atoms with Crippen molar-refractivity contribution < 1.29 is 0 Å². The van der Waals surface area contributed by atoms with Crippen LogP contribution in [0.2, 0.25) is 0 Å². The van der Waals surface area contributed by atoms with Gasteiger partial charge >= 0.3 is 0 Å². The quantitative estimate of drug-likeness (QED) is 0.156. The molecule has 0 bridgehead atoms. The monoisotopic (exact) mass is 834 g/mol. The van der Waals surface area contributed by atoms with Gasteiger partial charge in [-0.25, -0.2) is 9.13 Å². The lowest BCUT2D eigenvalue weighted by Crippen LogP contribution is -2.33. The van der Waals surface area contributed by atoms with E-state index in [4.69, 9.17) is 0 Å². The smallest absolute Gasteiger partial charge is 0.266 e. The highest BCUT2D eigenvalue weighted by atomic mass is 16.2. The van der Waals surface area contributed by atoms with Gasteiger partial charge in [0.15, 0.2) is 0 Å². The van der Waals surface area contributed by atoms with E-state index in [0.717, 1.165) is 86.9 Å². The van der Waals surface area contributed by atoms with Gasteiger partial charge < -0.3 is 0 Å². The number of nitrogens with zero attached hydrogens (tertiary/aromatic N) is 2. The van der Waals surface area contributed by atoms with Crippen molar-refractivity contribution in [3.63, 3.8) is 0 Å². The molecule has 0 saturated carbocycles. The Hall–Kier alpha value is -7.18. The maximum Gasteiger partial charge on any atom is 0.266 e. The average Bonchev–Trinajstić information content (AvgIpc) is 3.56. The maximum absolute atomic E-state index is 14.9. The molecule has 0 fully saturated rings. The van der Waals surface area contributed by atoms with Crippen LogP contribution in [-0.4, -0.2) is 9.13 Å².